The van der Waals surface area contributed by atoms with Gasteiger partial charge in [0.05, 0.1) is 5.56 Å². The molecule has 1 unspecified atom stereocenters. The summed E-state index contributed by atoms with van der Waals surface area (Å²) in [5.74, 6) is -0.217. The fraction of sp³-hybridized carbons (Fsp3) is 0.500. The van der Waals surface area contributed by atoms with E-state index in [4.69, 9.17) is 4.74 Å². The number of piperidine rings is 1. The number of carbonyl (C=O) groups excluding carboxylic acids is 1. The normalized spacial score (nSPS) is 20.7. The molecule has 0 aromatic heterocycles. The van der Waals surface area contributed by atoms with Crippen LogP contribution in [0.1, 0.15) is 30.1 Å². The number of benzene rings is 1. The van der Waals surface area contributed by atoms with Crippen LogP contribution in [0.4, 0.5) is 0 Å². The number of halogens is 1. The second-order valence-corrected chi connectivity index (χ2v) is 5.49. The minimum absolute atomic E-state index is 0.0369. The average Bonchev–Trinajstić information content (AvgIpc) is 2.39. The topological polar surface area (TPSA) is 29.5 Å². The SMILES string of the molecule is CCN1CCCC(OC(=O)c2ccc(Br)cc2)C1. The molecule has 3 nitrogen and oxygen atoms in total. The molecule has 1 saturated heterocycles. The molecule has 1 aliphatic heterocycles. The van der Waals surface area contributed by atoms with Crippen molar-refractivity contribution < 1.29 is 9.53 Å². The summed E-state index contributed by atoms with van der Waals surface area (Å²) in [5.41, 5.74) is 0.617. The lowest BCUT2D eigenvalue weighted by atomic mass is 10.1. The van der Waals surface area contributed by atoms with Gasteiger partial charge in [-0.15, -0.1) is 0 Å². The van der Waals surface area contributed by atoms with Gasteiger partial charge in [0.25, 0.3) is 0 Å². The van der Waals surface area contributed by atoms with Gasteiger partial charge >= 0.3 is 5.97 Å². The van der Waals surface area contributed by atoms with Crippen LogP contribution in [-0.2, 0) is 4.74 Å². The second-order valence-electron chi connectivity index (χ2n) is 4.57. The Hall–Kier alpha value is -0.870. The number of carbonyl (C=O) groups is 1. The van der Waals surface area contributed by atoms with Gasteiger partial charge in [0.2, 0.25) is 0 Å². The van der Waals surface area contributed by atoms with E-state index in [-0.39, 0.29) is 12.1 Å². The summed E-state index contributed by atoms with van der Waals surface area (Å²) in [6, 6.07) is 7.28. The molecule has 1 aromatic rings. The molecule has 0 spiro atoms. The number of nitrogens with zero attached hydrogens (tertiary/aromatic N) is 1. The minimum atomic E-state index is -0.217. The van der Waals surface area contributed by atoms with Crippen molar-refractivity contribution in [1.29, 1.82) is 0 Å². The Morgan fingerprint density at radius 3 is 2.83 bits per heavy atom. The zero-order valence-electron chi connectivity index (χ0n) is 10.6. The quantitative estimate of drug-likeness (QED) is 0.803. The van der Waals surface area contributed by atoms with Gasteiger partial charge in [-0.25, -0.2) is 4.79 Å². The van der Waals surface area contributed by atoms with Gasteiger partial charge in [-0.2, -0.15) is 0 Å². The molecule has 2 rings (SSSR count). The van der Waals surface area contributed by atoms with Crippen LogP contribution in [-0.4, -0.2) is 36.6 Å². The number of hydrogen-bond donors (Lipinski definition) is 0. The average molecular weight is 312 g/mol. The molecule has 1 aliphatic rings. The van der Waals surface area contributed by atoms with E-state index in [1.54, 1.807) is 12.1 Å². The standard InChI is InChI=1S/C14H18BrNO2/c1-2-16-9-3-4-13(10-16)18-14(17)11-5-7-12(15)8-6-11/h5-8,13H,2-4,9-10H2,1H3. The van der Waals surface area contributed by atoms with Crippen LogP contribution in [0.2, 0.25) is 0 Å². The molecule has 1 atom stereocenters. The van der Waals surface area contributed by atoms with Crippen LogP contribution in [0.25, 0.3) is 0 Å². The van der Waals surface area contributed by atoms with E-state index in [1.807, 2.05) is 12.1 Å². The summed E-state index contributed by atoms with van der Waals surface area (Å²) in [6.07, 6.45) is 2.11. The summed E-state index contributed by atoms with van der Waals surface area (Å²) < 4.78 is 6.52. The van der Waals surface area contributed by atoms with Crippen LogP contribution in [0.3, 0.4) is 0 Å². The van der Waals surface area contributed by atoms with Crippen molar-refractivity contribution >= 4 is 21.9 Å². The third-order valence-electron chi connectivity index (χ3n) is 3.26. The maximum absolute atomic E-state index is 12.0. The van der Waals surface area contributed by atoms with Crippen molar-refractivity contribution in [2.45, 2.75) is 25.9 Å². The van der Waals surface area contributed by atoms with Crippen molar-refractivity contribution in [1.82, 2.24) is 4.90 Å². The van der Waals surface area contributed by atoms with Crippen LogP contribution in [0, 0.1) is 0 Å². The fourth-order valence-electron chi connectivity index (χ4n) is 2.20. The van der Waals surface area contributed by atoms with Crippen molar-refractivity contribution in [2.24, 2.45) is 0 Å². The highest BCUT2D eigenvalue weighted by Gasteiger charge is 2.22. The molecule has 0 radical (unpaired) electrons. The highest BCUT2D eigenvalue weighted by molar-refractivity contribution is 9.10. The van der Waals surface area contributed by atoms with Gasteiger partial charge in [-0.05, 0) is 50.2 Å². The van der Waals surface area contributed by atoms with Gasteiger partial charge in [0, 0.05) is 11.0 Å². The number of esters is 1. The second kappa shape index (κ2) is 6.34. The summed E-state index contributed by atoms with van der Waals surface area (Å²) in [7, 11) is 0. The Labute approximate surface area is 116 Å². The molecule has 0 amide bonds. The number of likely N-dealkylation sites (N-methyl/N-ethyl adjacent to an activating group) is 1. The lowest BCUT2D eigenvalue weighted by Crippen LogP contribution is -2.40. The number of ether oxygens (including phenoxy) is 1. The highest BCUT2D eigenvalue weighted by Crippen LogP contribution is 2.16. The smallest absolute Gasteiger partial charge is 0.338 e. The first-order chi connectivity index (χ1) is 8.69. The highest BCUT2D eigenvalue weighted by atomic mass is 79.9. The first kappa shape index (κ1) is 13.6. The Balaban J connectivity index is 1.92. The fourth-order valence-corrected chi connectivity index (χ4v) is 2.47. The van der Waals surface area contributed by atoms with Crippen LogP contribution < -0.4 is 0 Å². The van der Waals surface area contributed by atoms with Crippen LogP contribution in [0.15, 0.2) is 28.7 Å². The van der Waals surface area contributed by atoms with E-state index in [1.165, 1.54) is 0 Å². The van der Waals surface area contributed by atoms with E-state index in [0.717, 1.165) is 36.9 Å². The van der Waals surface area contributed by atoms with Gasteiger partial charge in [-0.3, -0.25) is 4.90 Å². The Morgan fingerprint density at radius 1 is 1.44 bits per heavy atom. The Bertz CT molecular complexity index is 405. The Morgan fingerprint density at radius 2 is 2.17 bits per heavy atom. The molecule has 18 heavy (non-hydrogen) atoms. The largest absolute Gasteiger partial charge is 0.457 e. The molecule has 0 aliphatic carbocycles. The molecule has 0 N–H and O–H groups in total. The van der Waals surface area contributed by atoms with Gasteiger partial charge in [-0.1, -0.05) is 22.9 Å². The Kier molecular flexibility index (Phi) is 4.78. The van der Waals surface area contributed by atoms with Crippen molar-refractivity contribution in [3.8, 4) is 0 Å². The number of likely N-dealkylation sites (tertiary alicyclic amines) is 1. The zero-order chi connectivity index (χ0) is 13.0. The molecule has 4 heteroatoms. The first-order valence-electron chi connectivity index (χ1n) is 6.38. The van der Waals surface area contributed by atoms with Crippen LogP contribution >= 0.6 is 15.9 Å². The first-order valence-corrected chi connectivity index (χ1v) is 7.17. The third-order valence-corrected chi connectivity index (χ3v) is 3.79. The van der Waals surface area contributed by atoms with Gasteiger partial charge in [0.15, 0.2) is 0 Å². The number of hydrogen-bond acceptors (Lipinski definition) is 3. The lowest BCUT2D eigenvalue weighted by Gasteiger charge is -2.31. The molecular formula is C14H18BrNO2. The predicted molar refractivity (Wildman–Crippen MR) is 74.7 cm³/mol. The molecule has 1 aromatic carbocycles. The summed E-state index contributed by atoms with van der Waals surface area (Å²) in [4.78, 5) is 14.3. The van der Waals surface area contributed by atoms with E-state index in [2.05, 4.69) is 27.8 Å². The van der Waals surface area contributed by atoms with Crippen molar-refractivity contribution in [2.75, 3.05) is 19.6 Å². The molecular weight excluding hydrogens is 294 g/mol. The van der Waals surface area contributed by atoms with Gasteiger partial charge < -0.3 is 4.74 Å². The third kappa shape index (κ3) is 3.56. The van der Waals surface area contributed by atoms with E-state index in [9.17, 15) is 4.79 Å². The van der Waals surface area contributed by atoms with E-state index < -0.39 is 0 Å². The van der Waals surface area contributed by atoms with Crippen molar-refractivity contribution in [3.05, 3.63) is 34.3 Å². The zero-order valence-corrected chi connectivity index (χ0v) is 12.1. The number of rotatable bonds is 3. The molecule has 0 bridgehead atoms. The van der Waals surface area contributed by atoms with E-state index >= 15 is 0 Å². The predicted octanol–water partition coefficient (Wildman–Crippen LogP) is 3.09. The molecule has 1 fully saturated rings. The molecule has 98 valence electrons. The van der Waals surface area contributed by atoms with Crippen LogP contribution in [0.5, 0.6) is 0 Å². The molecule has 0 saturated carbocycles. The maximum Gasteiger partial charge on any atom is 0.338 e. The lowest BCUT2D eigenvalue weighted by molar-refractivity contribution is 0.00774. The monoisotopic (exact) mass is 311 g/mol. The minimum Gasteiger partial charge on any atom is -0.457 e. The van der Waals surface area contributed by atoms with E-state index in [0.29, 0.717) is 5.56 Å². The van der Waals surface area contributed by atoms with Crippen molar-refractivity contribution in [3.63, 3.8) is 0 Å². The molecule has 1 heterocycles. The summed E-state index contributed by atoms with van der Waals surface area (Å²) in [5, 5.41) is 0. The maximum atomic E-state index is 12.0. The summed E-state index contributed by atoms with van der Waals surface area (Å²) in [6.45, 7) is 5.13. The van der Waals surface area contributed by atoms with Gasteiger partial charge in [0.1, 0.15) is 6.10 Å². The summed E-state index contributed by atoms with van der Waals surface area (Å²) >= 11 is 3.35.